The summed E-state index contributed by atoms with van der Waals surface area (Å²) in [4.78, 5) is 7.53. The summed E-state index contributed by atoms with van der Waals surface area (Å²) in [7, 11) is 1.69. The predicted molar refractivity (Wildman–Crippen MR) is 145 cm³/mol. The van der Waals surface area contributed by atoms with Crippen LogP contribution in [-0.2, 0) is 24.5 Å². The third kappa shape index (κ3) is 4.63. The molecule has 1 aliphatic carbocycles. The van der Waals surface area contributed by atoms with Crippen molar-refractivity contribution in [1.82, 2.24) is 14.6 Å². The van der Waals surface area contributed by atoms with Gasteiger partial charge in [-0.3, -0.25) is 0 Å². The molecule has 0 spiro atoms. The molecule has 0 saturated heterocycles. The van der Waals surface area contributed by atoms with Gasteiger partial charge in [0.05, 0.1) is 43.3 Å². The van der Waals surface area contributed by atoms with Gasteiger partial charge in [-0.15, -0.1) is 12.4 Å². The van der Waals surface area contributed by atoms with E-state index in [9.17, 15) is 5.26 Å². The van der Waals surface area contributed by atoms with Crippen LogP contribution in [0.1, 0.15) is 46.5 Å². The molecule has 0 N–H and O–H groups in total. The van der Waals surface area contributed by atoms with E-state index in [1.165, 1.54) is 18.4 Å². The molecule has 0 unspecified atom stereocenters. The molecule has 0 atom stereocenters. The summed E-state index contributed by atoms with van der Waals surface area (Å²) >= 11 is 0. The number of aromatic nitrogens is 3. The van der Waals surface area contributed by atoms with Crippen molar-refractivity contribution in [3.63, 3.8) is 0 Å². The predicted octanol–water partition coefficient (Wildman–Crippen LogP) is 5.76. The van der Waals surface area contributed by atoms with Gasteiger partial charge in [-0.2, -0.15) is 14.9 Å². The number of nitrogens with zero attached hydrogens (tertiary/aromatic N) is 5. The average Bonchev–Trinajstić information content (AvgIpc) is 3.48. The molecule has 2 aromatic heterocycles. The van der Waals surface area contributed by atoms with Crippen molar-refractivity contribution in [2.45, 2.75) is 46.4 Å². The molecule has 6 rings (SSSR count). The zero-order valence-electron chi connectivity index (χ0n) is 21.3. The number of aryl methyl sites for hydroxylation is 2. The van der Waals surface area contributed by atoms with Crippen LogP contribution in [0.5, 0.6) is 5.75 Å². The van der Waals surface area contributed by atoms with Gasteiger partial charge in [0.15, 0.2) is 5.65 Å². The number of benzene rings is 2. The molecule has 0 radical (unpaired) electrons. The number of methoxy groups -OCH3 is 1. The van der Waals surface area contributed by atoms with Gasteiger partial charge in [0.25, 0.3) is 0 Å². The Bertz CT molecular complexity index is 1500. The number of anilines is 1. The van der Waals surface area contributed by atoms with Crippen LogP contribution < -0.4 is 9.64 Å². The molecule has 0 amide bonds. The Morgan fingerprint density at radius 3 is 2.59 bits per heavy atom. The first kappa shape index (κ1) is 25.1. The highest BCUT2D eigenvalue weighted by Crippen LogP contribution is 2.39. The van der Waals surface area contributed by atoms with Crippen LogP contribution in [0.2, 0.25) is 0 Å². The number of hydrogen-bond acceptors (Lipinski definition) is 6. The summed E-state index contributed by atoms with van der Waals surface area (Å²) in [5.74, 6) is 2.60. The van der Waals surface area contributed by atoms with Crippen molar-refractivity contribution in [2.75, 3.05) is 18.6 Å². The van der Waals surface area contributed by atoms with Crippen LogP contribution in [0, 0.1) is 31.1 Å². The second-order valence-electron chi connectivity index (χ2n) is 9.86. The van der Waals surface area contributed by atoms with Crippen molar-refractivity contribution >= 4 is 23.9 Å². The Morgan fingerprint density at radius 1 is 1.14 bits per heavy atom. The lowest BCUT2D eigenvalue weighted by molar-refractivity contribution is 0.133. The Balaban J connectivity index is 0.00000280. The van der Waals surface area contributed by atoms with Gasteiger partial charge in [0.1, 0.15) is 11.6 Å². The monoisotopic (exact) mass is 515 g/mol. The maximum absolute atomic E-state index is 9.21. The van der Waals surface area contributed by atoms with Crippen molar-refractivity contribution in [1.29, 1.82) is 5.26 Å². The Kier molecular flexibility index (Phi) is 6.80. The molecular formula is C29H30ClN5O2. The van der Waals surface area contributed by atoms with Crippen molar-refractivity contribution in [3.05, 3.63) is 76.1 Å². The number of rotatable bonds is 7. The Labute approximate surface area is 223 Å². The van der Waals surface area contributed by atoms with Crippen LogP contribution >= 0.6 is 12.4 Å². The molecular weight excluding hydrogens is 486 g/mol. The lowest BCUT2D eigenvalue weighted by Gasteiger charge is -2.27. The van der Waals surface area contributed by atoms with E-state index in [1.807, 2.05) is 34.8 Å². The molecule has 4 aromatic rings. The molecule has 1 saturated carbocycles. The van der Waals surface area contributed by atoms with E-state index in [1.54, 1.807) is 7.11 Å². The normalized spacial score (nSPS) is 14.2. The lowest BCUT2D eigenvalue weighted by atomic mass is 10.0. The van der Waals surface area contributed by atoms with Crippen molar-refractivity contribution < 1.29 is 9.47 Å². The van der Waals surface area contributed by atoms with Gasteiger partial charge in [0.2, 0.25) is 0 Å². The van der Waals surface area contributed by atoms with E-state index in [0.29, 0.717) is 24.7 Å². The van der Waals surface area contributed by atoms with E-state index >= 15 is 0 Å². The molecule has 2 aliphatic rings. The van der Waals surface area contributed by atoms with Crippen molar-refractivity contribution in [2.24, 2.45) is 5.92 Å². The molecule has 7 nitrogen and oxygen atoms in total. The Morgan fingerprint density at radius 2 is 1.92 bits per heavy atom. The maximum Gasteiger partial charge on any atom is 0.165 e. The fourth-order valence-corrected chi connectivity index (χ4v) is 5.16. The highest BCUT2D eigenvalue weighted by molar-refractivity contribution is 5.85. The summed E-state index contributed by atoms with van der Waals surface area (Å²) < 4.78 is 13.4. The molecule has 8 heteroatoms. The molecule has 1 aliphatic heterocycles. The zero-order chi connectivity index (χ0) is 24.8. The topological polar surface area (TPSA) is 75.7 Å². The SMILES string of the molecule is COc1ccc(-c2c(C)nn3c(N(Cc4ccc(C#N)cc4)CC4CC4)c4c(nc23)COC4)c(C)c1.Cl. The third-order valence-corrected chi connectivity index (χ3v) is 7.22. The van der Waals surface area contributed by atoms with Gasteiger partial charge in [-0.1, -0.05) is 18.2 Å². The number of ether oxygens (including phenoxy) is 2. The number of nitriles is 1. The number of fused-ring (bicyclic) bond motifs is 2. The summed E-state index contributed by atoms with van der Waals surface area (Å²) in [6.45, 7) is 6.91. The molecule has 190 valence electrons. The summed E-state index contributed by atoms with van der Waals surface area (Å²) in [5.41, 5.74) is 9.06. The minimum Gasteiger partial charge on any atom is -0.497 e. The minimum absolute atomic E-state index is 0. The summed E-state index contributed by atoms with van der Waals surface area (Å²) in [5, 5.41) is 14.3. The van der Waals surface area contributed by atoms with Gasteiger partial charge in [-0.25, -0.2) is 4.98 Å². The first-order valence-electron chi connectivity index (χ1n) is 12.4. The van der Waals surface area contributed by atoms with E-state index in [0.717, 1.165) is 63.9 Å². The van der Waals surface area contributed by atoms with Gasteiger partial charge in [-0.05, 0) is 73.6 Å². The average molecular weight is 516 g/mol. The fourth-order valence-electron chi connectivity index (χ4n) is 5.16. The summed E-state index contributed by atoms with van der Waals surface area (Å²) in [6.07, 6.45) is 2.51. The van der Waals surface area contributed by atoms with Crippen LogP contribution in [0.3, 0.4) is 0 Å². The molecule has 2 aromatic carbocycles. The van der Waals surface area contributed by atoms with Crippen LogP contribution in [0.4, 0.5) is 5.82 Å². The minimum atomic E-state index is 0. The number of hydrogen-bond donors (Lipinski definition) is 0. The Hall–Kier alpha value is -3.60. The molecule has 37 heavy (non-hydrogen) atoms. The fraction of sp³-hybridized carbons (Fsp3) is 0.345. The second kappa shape index (κ2) is 10.0. The zero-order valence-corrected chi connectivity index (χ0v) is 22.1. The highest BCUT2D eigenvalue weighted by Gasteiger charge is 2.31. The third-order valence-electron chi connectivity index (χ3n) is 7.22. The second-order valence-corrected chi connectivity index (χ2v) is 9.86. The van der Waals surface area contributed by atoms with Crippen LogP contribution in [0.15, 0.2) is 42.5 Å². The van der Waals surface area contributed by atoms with E-state index in [2.05, 4.69) is 36.9 Å². The lowest BCUT2D eigenvalue weighted by Crippen LogP contribution is -2.29. The molecule has 3 heterocycles. The summed E-state index contributed by atoms with van der Waals surface area (Å²) in [6, 6.07) is 16.2. The van der Waals surface area contributed by atoms with Gasteiger partial charge >= 0.3 is 0 Å². The quantitative estimate of drug-likeness (QED) is 0.311. The molecule has 1 fully saturated rings. The van der Waals surface area contributed by atoms with Crippen molar-refractivity contribution in [3.8, 4) is 22.9 Å². The first-order chi connectivity index (χ1) is 17.6. The van der Waals surface area contributed by atoms with E-state index in [4.69, 9.17) is 19.6 Å². The standard InChI is InChI=1S/C29H29N5O2.ClH/c1-18-12-23(35-3)10-11-24(18)27-19(2)32-34-28(27)31-26-17-36-16-25(26)29(34)33(15-22-8-9-22)14-21-6-4-20(13-30)5-7-21;/h4-7,10-12,22H,8-9,14-17H2,1-3H3;1H. The van der Waals surface area contributed by atoms with Gasteiger partial charge < -0.3 is 14.4 Å². The largest absolute Gasteiger partial charge is 0.497 e. The smallest absolute Gasteiger partial charge is 0.165 e. The maximum atomic E-state index is 9.21. The van der Waals surface area contributed by atoms with E-state index in [-0.39, 0.29) is 12.4 Å². The number of halogens is 1. The van der Waals surface area contributed by atoms with Crippen LogP contribution in [-0.4, -0.2) is 28.3 Å². The van der Waals surface area contributed by atoms with E-state index < -0.39 is 0 Å². The van der Waals surface area contributed by atoms with Gasteiger partial charge in [0, 0.05) is 24.2 Å². The van der Waals surface area contributed by atoms with Crippen LogP contribution in [0.25, 0.3) is 16.8 Å². The first-order valence-corrected chi connectivity index (χ1v) is 12.4. The highest BCUT2D eigenvalue weighted by atomic mass is 35.5. The molecule has 0 bridgehead atoms.